The first-order valence-electron chi connectivity index (χ1n) is 8.72. The summed E-state index contributed by atoms with van der Waals surface area (Å²) in [5, 5.41) is 3.73. The van der Waals surface area contributed by atoms with E-state index in [0.717, 1.165) is 6.54 Å². The Kier molecular flexibility index (Phi) is 8.03. The Morgan fingerprint density at radius 3 is 2.62 bits per heavy atom. The van der Waals surface area contributed by atoms with E-state index in [4.69, 9.17) is 0 Å². The zero-order chi connectivity index (χ0) is 15.7. The van der Waals surface area contributed by atoms with E-state index in [1.807, 2.05) is 0 Å². The molecule has 0 spiro atoms. The Morgan fingerprint density at radius 2 is 1.95 bits per heavy atom. The number of rotatable bonds is 10. The van der Waals surface area contributed by atoms with Crippen LogP contribution in [0.5, 0.6) is 0 Å². The van der Waals surface area contributed by atoms with Gasteiger partial charge in [0.15, 0.2) is 0 Å². The molecule has 21 heavy (non-hydrogen) atoms. The van der Waals surface area contributed by atoms with Crippen LogP contribution in [-0.4, -0.2) is 12.6 Å². The lowest BCUT2D eigenvalue weighted by Crippen LogP contribution is -2.35. The topological polar surface area (TPSA) is 12.0 Å². The van der Waals surface area contributed by atoms with Crippen molar-refractivity contribution < 1.29 is 0 Å². The van der Waals surface area contributed by atoms with Crippen molar-refractivity contribution in [2.45, 2.75) is 79.2 Å². The molecule has 0 saturated heterocycles. The zero-order valence-corrected chi connectivity index (χ0v) is 14.8. The standard InChI is InChI=1S/C20H35N/c1-6-7-8-14-20(4,5)16-21-18(3)12-13-19-11-9-10-17(2)15-19/h9-11,15,18,21H,6-8,12-14,16H2,1-5H3. The first-order valence-corrected chi connectivity index (χ1v) is 8.72. The molecule has 120 valence electrons. The summed E-state index contributed by atoms with van der Waals surface area (Å²) in [5.74, 6) is 0. The number of hydrogen-bond donors (Lipinski definition) is 1. The molecule has 0 aliphatic rings. The lowest BCUT2D eigenvalue weighted by molar-refractivity contribution is 0.287. The van der Waals surface area contributed by atoms with E-state index in [1.54, 1.807) is 0 Å². The molecule has 0 aliphatic carbocycles. The minimum Gasteiger partial charge on any atom is -0.314 e. The van der Waals surface area contributed by atoms with Crippen molar-refractivity contribution in [3.8, 4) is 0 Å². The molecule has 0 saturated carbocycles. The van der Waals surface area contributed by atoms with Gasteiger partial charge in [0.2, 0.25) is 0 Å². The largest absolute Gasteiger partial charge is 0.314 e. The lowest BCUT2D eigenvalue weighted by atomic mass is 9.86. The molecule has 0 bridgehead atoms. The highest BCUT2D eigenvalue weighted by Crippen LogP contribution is 2.23. The van der Waals surface area contributed by atoms with E-state index < -0.39 is 0 Å². The van der Waals surface area contributed by atoms with Gasteiger partial charge in [0.1, 0.15) is 0 Å². The molecule has 0 aromatic heterocycles. The van der Waals surface area contributed by atoms with Crippen LogP contribution < -0.4 is 5.32 Å². The summed E-state index contributed by atoms with van der Waals surface area (Å²) in [6.45, 7) is 12.7. The Hall–Kier alpha value is -0.820. The van der Waals surface area contributed by atoms with E-state index in [0.29, 0.717) is 11.5 Å². The molecule has 1 unspecified atom stereocenters. The summed E-state index contributed by atoms with van der Waals surface area (Å²) in [4.78, 5) is 0. The average Bonchev–Trinajstić information content (AvgIpc) is 2.43. The van der Waals surface area contributed by atoms with Crippen LogP contribution in [0.3, 0.4) is 0 Å². The van der Waals surface area contributed by atoms with Gasteiger partial charge in [0, 0.05) is 12.6 Å². The summed E-state index contributed by atoms with van der Waals surface area (Å²) >= 11 is 0. The molecule has 0 aliphatic heterocycles. The minimum absolute atomic E-state index is 0.423. The Bertz CT molecular complexity index is 395. The number of benzene rings is 1. The molecule has 0 fully saturated rings. The van der Waals surface area contributed by atoms with Crippen LogP contribution in [0.1, 0.15) is 70.9 Å². The molecule has 0 heterocycles. The molecule has 1 atom stereocenters. The fraction of sp³-hybridized carbons (Fsp3) is 0.700. The van der Waals surface area contributed by atoms with Gasteiger partial charge >= 0.3 is 0 Å². The average molecular weight is 290 g/mol. The summed E-state index contributed by atoms with van der Waals surface area (Å²) in [5.41, 5.74) is 3.25. The highest BCUT2D eigenvalue weighted by Gasteiger charge is 2.17. The van der Waals surface area contributed by atoms with Crippen LogP contribution in [0.25, 0.3) is 0 Å². The van der Waals surface area contributed by atoms with Crippen molar-refractivity contribution in [1.29, 1.82) is 0 Å². The van der Waals surface area contributed by atoms with Gasteiger partial charge in [-0.15, -0.1) is 0 Å². The number of hydrogen-bond acceptors (Lipinski definition) is 1. The highest BCUT2D eigenvalue weighted by atomic mass is 14.9. The predicted octanol–water partition coefficient (Wildman–Crippen LogP) is 5.51. The Balaban J connectivity index is 2.25. The van der Waals surface area contributed by atoms with E-state index in [9.17, 15) is 0 Å². The van der Waals surface area contributed by atoms with Crippen molar-refractivity contribution in [2.75, 3.05) is 6.54 Å². The molecule has 1 aromatic carbocycles. The molecule has 1 rings (SSSR count). The maximum absolute atomic E-state index is 3.73. The monoisotopic (exact) mass is 289 g/mol. The normalized spacial score (nSPS) is 13.4. The van der Waals surface area contributed by atoms with Gasteiger partial charge in [0.05, 0.1) is 0 Å². The van der Waals surface area contributed by atoms with Crippen LogP contribution in [0.2, 0.25) is 0 Å². The summed E-state index contributed by atoms with van der Waals surface area (Å²) in [6.07, 6.45) is 7.77. The SMILES string of the molecule is CCCCCC(C)(C)CNC(C)CCc1cccc(C)c1. The van der Waals surface area contributed by atoms with Gasteiger partial charge in [-0.1, -0.05) is 69.9 Å². The predicted molar refractivity (Wildman–Crippen MR) is 94.9 cm³/mol. The van der Waals surface area contributed by atoms with Crippen molar-refractivity contribution in [1.82, 2.24) is 5.32 Å². The van der Waals surface area contributed by atoms with Gasteiger partial charge in [0.25, 0.3) is 0 Å². The van der Waals surface area contributed by atoms with E-state index in [1.165, 1.54) is 49.7 Å². The van der Waals surface area contributed by atoms with Gasteiger partial charge in [-0.2, -0.15) is 0 Å². The van der Waals surface area contributed by atoms with Crippen LogP contribution in [-0.2, 0) is 6.42 Å². The lowest BCUT2D eigenvalue weighted by Gasteiger charge is -2.27. The third kappa shape index (κ3) is 8.26. The molecule has 1 aromatic rings. The number of aryl methyl sites for hydroxylation is 2. The quantitative estimate of drug-likeness (QED) is 0.560. The smallest absolute Gasteiger partial charge is 0.00421 e. The Morgan fingerprint density at radius 1 is 1.19 bits per heavy atom. The van der Waals surface area contributed by atoms with Crippen LogP contribution in [0.15, 0.2) is 24.3 Å². The second kappa shape index (κ2) is 9.25. The third-order valence-corrected chi connectivity index (χ3v) is 4.33. The van der Waals surface area contributed by atoms with Crippen LogP contribution >= 0.6 is 0 Å². The Labute approximate surface area is 132 Å². The van der Waals surface area contributed by atoms with Crippen molar-refractivity contribution in [2.24, 2.45) is 5.41 Å². The van der Waals surface area contributed by atoms with Crippen LogP contribution in [0, 0.1) is 12.3 Å². The van der Waals surface area contributed by atoms with E-state index >= 15 is 0 Å². The first-order chi connectivity index (χ1) is 9.93. The molecular formula is C20H35N. The fourth-order valence-electron chi connectivity index (χ4n) is 2.75. The minimum atomic E-state index is 0.423. The molecule has 1 N–H and O–H groups in total. The van der Waals surface area contributed by atoms with E-state index in [-0.39, 0.29) is 0 Å². The molecule has 1 heteroatoms. The van der Waals surface area contributed by atoms with Gasteiger partial charge < -0.3 is 5.32 Å². The van der Waals surface area contributed by atoms with Gasteiger partial charge in [-0.3, -0.25) is 0 Å². The number of unbranched alkanes of at least 4 members (excludes halogenated alkanes) is 2. The zero-order valence-electron chi connectivity index (χ0n) is 14.8. The number of nitrogens with one attached hydrogen (secondary N) is 1. The summed E-state index contributed by atoms with van der Waals surface area (Å²) in [6, 6.07) is 9.48. The van der Waals surface area contributed by atoms with Crippen molar-refractivity contribution in [3.63, 3.8) is 0 Å². The third-order valence-electron chi connectivity index (χ3n) is 4.33. The van der Waals surface area contributed by atoms with Gasteiger partial charge in [-0.05, 0) is 44.1 Å². The maximum Gasteiger partial charge on any atom is 0.00421 e. The maximum atomic E-state index is 3.73. The highest BCUT2D eigenvalue weighted by molar-refractivity contribution is 5.22. The fourth-order valence-corrected chi connectivity index (χ4v) is 2.75. The van der Waals surface area contributed by atoms with Gasteiger partial charge in [-0.25, -0.2) is 0 Å². The second-order valence-corrected chi connectivity index (χ2v) is 7.43. The van der Waals surface area contributed by atoms with E-state index in [2.05, 4.69) is 64.2 Å². The van der Waals surface area contributed by atoms with Crippen LogP contribution in [0.4, 0.5) is 0 Å². The summed E-state index contributed by atoms with van der Waals surface area (Å²) < 4.78 is 0. The van der Waals surface area contributed by atoms with Crippen molar-refractivity contribution >= 4 is 0 Å². The molecule has 1 nitrogen and oxygen atoms in total. The molecule has 0 amide bonds. The summed E-state index contributed by atoms with van der Waals surface area (Å²) in [7, 11) is 0. The van der Waals surface area contributed by atoms with Crippen molar-refractivity contribution in [3.05, 3.63) is 35.4 Å². The molecule has 0 radical (unpaired) electrons. The first kappa shape index (κ1) is 18.2. The molecular weight excluding hydrogens is 254 g/mol. The second-order valence-electron chi connectivity index (χ2n) is 7.43.